The zero-order valence-electron chi connectivity index (χ0n) is 7.52. The van der Waals surface area contributed by atoms with Gasteiger partial charge in [0.15, 0.2) is 0 Å². The summed E-state index contributed by atoms with van der Waals surface area (Å²) in [6, 6.07) is 6.61. The zero-order valence-corrected chi connectivity index (χ0v) is 8.34. The molecule has 0 amide bonds. The lowest BCUT2D eigenvalue weighted by molar-refractivity contribution is -0.114. The minimum atomic E-state index is -0.583. The molecule has 0 aromatic heterocycles. The third-order valence-corrected chi connectivity index (χ3v) is 1.40. The molecule has 0 unspecified atom stereocenters. The van der Waals surface area contributed by atoms with Crippen LogP contribution in [0, 0.1) is 0 Å². The Morgan fingerprint density at radius 3 is 2.64 bits per heavy atom. The van der Waals surface area contributed by atoms with Gasteiger partial charge in [0.25, 0.3) is 0 Å². The highest BCUT2D eigenvalue weighted by atomic mass is 35.5. The van der Waals surface area contributed by atoms with Crippen LogP contribution in [-0.2, 0) is 9.68 Å². The molecule has 0 spiro atoms. The normalized spacial score (nSPS) is 8.93. The number of nitrogens with two attached hydrogens (primary N) is 1. The average molecular weight is 219 g/mol. The molecule has 1 aromatic rings. The number of rotatable bonds is 3. The number of halogens is 1. The van der Waals surface area contributed by atoms with Gasteiger partial charge in [-0.25, -0.2) is 4.79 Å². The van der Waals surface area contributed by atoms with E-state index in [1.165, 1.54) is 7.11 Å². The maximum Gasteiger partial charge on any atom is 0.361 e. The van der Waals surface area contributed by atoms with Crippen molar-refractivity contribution in [3.05, 3.63) is 29.8 Å². The molecule has 0 saturated heterocycles. The Morgan fingerprint density at radius 2 is 2.07 bits per heavy atom. The van der Waals surface area contributed by atoms with Crippen LogP contribution in [0.1, 0.15) is 10.4 Å². The Labute approximate surface area is 87.5 Å². The van der Waals surface area contributed by atoms with Crippen LogP contribution in [0.15, 0.2) is 24.3 Å². The molecule has 0 saturated carbocycles. The summed E-state index contributed by atoms with van der Waals surface area (Å²) in [5.74, 6) is -0.583. The van der Waals surface area contributed by atoms with Gasteiger partial charge in [-0.1, -0.05) is 12.1 Å². The number of nitrogens with one attached hydrogen (secondary N) is 1. The first-order valence-electron chi connectivity index (χ1n) is 3.59. The second-order valence-corrected chi connectivity index (χ2v) is 2.26. The topological polar surface area (TPSA) is 73.6 Å². The van der Waals surface area contributed by atoms with Crippen LogP contribution in [0.5, 0.6) is 0 Å². The number of benzene rings is 1. The quantitative estimate of drug-likeness (QED) is 0.583. The molecule has 0 bridgehead atoms. The highest BCUT2D eigenvalue weighted by Crippen LogP contribution is 2.10. The largest absolute Gasteiger partial charge is 0.398 e. The summed E-state index contributed by atoms with van der Waals surface area (Å²) in [7, 11) is 1.33. The smallest absolute Gasteiger partial charge is 0.361 e. The van der Waals surface area contributed by atoms with E-state index in [9.17, 15) is 4.79 Å². The molecule has 5 nitrogen and oxygen atoms in total. The van der Waals surface area contributed by atoms with Gasteiger partial charge in [0.2, 0.25) is 0 Å². The molecule has 14 heavy (non-hydrogen) atoms. The van der Waals surface area contributed by atoms with Gasteiger partial charge in [-0.3, -0.25) is 4.84 Å². The highest BCUT2D eigenvalue weighted by molar-refractivity contribution is 5.94. The summed E-state index contributed by atoms with van der Waals surface area (Å²) in [6.07, 6.45) is 0. The number of carbonyl (C=O) groups excluding carboxylic acids is 1. The number of para-hydroxylation sites is 1. The van der Waals surface area contributed by atoms with Crippen molar-refractivity contribution in [2.24, 2.45) is 0 Å². The molecule has 0 aliphatic heterocycles. The van der Waals surface area contributed by atoms with Gasteiger partial charge in [-0.2, -0.15) is 0 Å². The Morgan fingerprint density at radius 1 is 1.43 bits per heavy atom. The first-order chi connectivity index (χ1) is 6.25. The van der Waals surface area contributed by atoms with Crippen molar-refractivity contribution < 1.29 is 14.5 Å². The van der Waals surface area contributed by atoms with Crippen LogP contribution < -0.4 is 11.4 Å². The van der Waals surface area contributed by atoms with Gasteiger partial charge in [-0.05, 0) is 17.8 Å². The zero-order chi connectivity index (χ0) is 9.68. The lowest BCUT2D eigenvalue weighted by Crippen LogP contribution is -2.19. The molecule has 78 valence electrons. The lowest BCUT2D eigenvalue weighted by atomic mass is 10.2. The molecule has 6 heteroatoms. The van der Waals surface area contributed by atoms with Crippen molar-refractivity contribution in [3.63, 3.8) is 0 Å². The van der Waals surface area contributed by atoms with E-state index in [0.717, 1.165) is 0 Å². The molecule has 3 N–H and O–H groups in total. The third-order valence-electron chi connectivity index (χ3n) is 1.40. The van der Waals surface area contributed by atoms with Gasteiger partial charge in [-0.15, -0.1) is 12.4 Å². The summed E-state index contributed by atoms with van der Waals surface area (Å²) in [5.41, 5.74) is 8.16. The number of hydrogen-bond donors (Lipinski definition) is 2. The Hall–Kier alpha value is -1.30. The molecule has 0 heterocycles. The van der Waals surface area contributed by atoms with Gasteiger partial charge in [0.1, 0.15) is 0 Å². The standard InChI is InChI=1S/C8H10N2O3.ClH/c1-12-10-13-8(11)6-4-2-3-5-7(6)9;/h2-5,10H,9H2,1H3;1H. The Kier molecular flexibility index (Phi) is 5.62. The molecule has 0 aliphatic carbocycles. The van der Waals surface area contributed by atoms with E-state index in [1.807, 2.05) is 5.64 Å². The summed E-state index contributed by atoms with van der Waals surface area (Å²) in [5, 5.41) is 0. The predicted molar refractivity (Wildman–Crippen MR) is 53.7 cm³/mol. The fourth-order valence-corrected chi connectivity index (χ4v) is 0.817. The fourth-order valence-electron chi connectivity index (χ4n) is 0.817. The van der Waals surface area contributed by atoms with E-state index in [-0.39, 0.29) is 12.4 Å². The minimum Gasteiger partial charge on any atom is -0.398 e. The molecule has 1 aromatic carbocycles. The van der Waals surface area contributed by atoms with Crippen molar-refractivity contribution in [3.8, 4) is 0 Å². The number of nitrogen functional groups attached to an aromatic ring is 1. The van der Waals surface area contributed by atoms with Crippen molar-refractivity contribution >= 4 is 24.1 Å². The Bertz CT molecular complexity index is 306. The molecule has 0 aliphatic rings. The van der Waals surface area contributed by atoms with Crippen molar-refractivity contribution in [1.82, 2.24) is 5.64 Å². The SMILES string of the molecule is CONOC(=O)c1ccccc1N.Cl. The average Bonchev–Trinajstić information content (AvgIpc) is 2.15. The van der Waals surface area contributed by atoms with Crippen LogP contribution >= 0.6 is 12.4 Å². The van der Waals surface area contributed by atoms with Crippen LogP contribution in [-0.4, -0.2) is 13.1 Å². The summed E-state index contributed by atoms with van der Waals surface area (Å²) >= 11 is 0. The van der Waals surface area contributed by atoms with Crippen LogP contribution in [0.2, 0.25) is 0 Å². The van der Waals surface area contributed by atoms with E-state index in [4.69, 9.17) is 5.73 Å². The molecule has 0 atom stereocenters. The molecular formula is C8H11ClN2O3. The number of anilines is 1. The van der Waals surface area contributed by atoms with Crippen molar-refractivity contribution in [2.75, 3.05) is 12.8 Å². The van der Waals surface area contributed by atoms with Crippen LogP contribution in [0.3, 0.4) is 0 Å². The fraction of sp³-hybridized carbons (Fsp3) is 0.125. The van der Waals surface area contributed by atoms with Gasteiger partial charge < -0.3 is 10.6 Å². The van der Waals surface area contributed by atoms with E-state index in [1.54, 1.807) is 24.3 Å². The predicted octanol–water partition coefficient (Wildman–Crippen LogP) is 0.913. The number of carbonyl (C=O) groups is 1. The molecule has 0 fully saturated rings. The lowest BCUT2D eigenvalue weighted by Gasteiger charge is -2.04. The maximum absolute atomic E-state index is 11.2. The number of hydrogen-bond acceptors (Lipinski definition) is 5. The summed E-state index contributed by atoms with van der Waals surface area (Å²) in [4.78, 5) is 20.0. The molecule has 0 radical (unpaired) electrons. The van der Waals surface area contributed by atoms with Gasteiger partial charge in [0, 0.05) is 5.69 Å². The second-order valence-electron chi connectivity index (χ2n) is 2.26. The first-order valence-corrected chi connectivity index (χ1v) is 3.59. The van der Waals surface area contributed by atoms with Crippen molar-refractivity contribution in [2.45, 2.75) is 0 Å². The second kappa shape index (κ2) is 6.20. The van der Waals surface area contributed by atoms with E-state index >= 15 is 0 Å². The van der Waals surface area contributed by atoms with E-state index in [0.29, 0.717) is 11.3 Å². The third kappa shape index (κ3) is 3.21. The highest BCUT2D eigenvalue weighted by Gasteiger charge is 2.09. The summed E-state index contributed by atoms with van der Waals surface area (Å²) in [6.45, 7) is 0. The van der Waals surface area contributed by atoms with Gasteiger partial charge in [0.05, 0.1) is 12.7 Å². The first kappa shape index (κ1) is 12.7. The molecular weight excluding hydrogens is 208 g/mol. The van der Waals surface area contributed by atoms with E-state index < -0.39 is 5.97 Å². The van der Waals surface area contributed by atoms with Crippen LogP contribution in [0.25, 0.3) is 0 Å². The monoisotopic (exact) mass is 218 g/mol. The van der Waals surface area contributed by atoms with E-state index in [2.05, 4.69) is 9.68 Å². The minimum absolute atomic E-state index is 0. The Balaban J connectivity index is 0.00000169. The van der Waals surface area contributed by atoms with Gasteiger partial charge >= 0.3 is 5.97 Å². The van der Waals surface area contributed by atoms with Crippen LogP contribution in [0.4, 0.5) is 5.69 Å². The molecule has 1 rings (SSSR count). The summed E-state index contributed by atoms with van der Waals surface area (Å²) < 4.78 is 0. The van der Waals surface area contributed by atoms with Crippen molar-refractivity contribution in [1.29, 1.82) is 0 Å². The maximum atomic E-state index is 11.2.